The van der Waals surface area contributed by atoms with E-state index >= 15 is 0 Å². The summed E-state index contributed by atoms with van der Waals surface area (Å²) in [7, 11) is 0. The molecule has 0 saturated carbocycles. The van der Waals surface area contributed by atoms with Crippen LogP contribution in [0.15, 0.2) is 127 Å². The maximum Gasteiger partial charge on any atom is -0.0146 e. The van der Waals surface area contributed by atoms with Crippen LogP contribution in [0.25, 0.3) is 33.4 Å². The predicted molar refractivity (Wildman–Crippen MR) is 150 cm³/mol. The van der Waals surface area contributed by atoms with Gasteiger partial charge in [0.1, 0.15) is 0 Å². The second kappa shape index (κ2) is 11.8. The lowest BCUT2D eigenvalue weighted by Crippen LogP contribution is -1.88. The third-order valence-electron chi connectivity index (χ3n) is 5.94. The topological polar surface area (TPSA) is 0 Å². The molecule has 0 aliphatic rings. The van der Waals surface area contributed by atoms with Crippen LogP contribution in [0.1, 0.15) is 24.1 Å². The number of hydrogen-bond acceptors (Lipinski definition) is 0. The molecule has 0 aromatic heterocycles. The molecule has 0 aliphatic heterocycles. The van der Waals surface area contributed by atoms with E-state index in [0.29, 0.717) is 0 Å². The molecule has 0 unspecified atom stereocenters. The van der Waals surface area contributed by atoms with E-state index in [0.717, 1.165) is 0 Å². The van der Waals surface area contributed by atoms with Crippen LogP contribution >= 0.6 is 0 Å². The average molecular weight is 443 g/mol. The Kier molecular flexibility index (Phi) is 8.60. The van der Waals surface area contributed by atoms with Crippen LogP contribution in [0.2, 0.25) is 0 Å². The molecule has 0 heteroatoms. The largest absolute Gasteiger partial charge is 0.0776 e. The Morgan fingerprint density at radius 2 is 0.794 bits per heavy atom. The fourth-order valence-electron chi connectivity index (χ4n) is 3.97. The standard InChI is InChI=1S/C20H18.C13H12.CH4/c1-15-8-6-7-11-19(15)20-14-18(13-12-16(20)2)17-9-4-3-5-10-17;1-11-7-9-13(10-8-11)12-5-3-2-4-6-12;/h3-14H,1-2H3;2-10H,1H3;1H4. The maximum absolute atomic E-state index is 2.30. The van der Waals surface area contributed by atoms with Gasteiger partial charge in [0.25, 0.3) is 0 Å². The molecule has 0 aliphatic carbocycles. The summed E-state index contributed by atoms with van der Waals surface area (Å²) in [5, 5.41) is 0. The highest BCUT2D eigenvalue weighted by Gasteiger charge is 2.06. The van der Waals surface area contributed by atoms with Crippen molar-refractivity contribution in [3.8, 4) is 33.4 Å². The first-order valence-electron chi connectivity index (χ1n) is 11.5. The molecule has 5 rings (SSSR count). The Morgan fingerprint density at radius 3 is 1.38 bits per heavy atom. The van der Waals surface area contributed by atoms with E-state index in [1.807, 2.05) is 6.07 Å². The van der Waals surface area contributed by atoms with Crippen LogP contribution in [0.3, 0.4) is 0 Å². The molecule has 0 spiro atoms. The van der Waals surface area contributed by atoms with Crippen LogP contribution < -0.4 is 0 Å². The van der Waals surface area contributed by atoms with Crippen molar-refractivity contribution in [2.24, 2.45) is 0 Å². The first-order chi connectivity index (χ1) is 16.1. The van der Waals surface area contributed by atoms with Crippen LogP contribution in [-0.2, 0) is 0 Å². The maximum atomic E-state index is 2.30. The summed E-state index contributed by atoms with van der Waals surface area (Å²) in [6.07, 6.45) is 0. The van der Waals surface area contributed by atoms with Crippen molar-refractivity contribution in [2.45, 2.75) is 28.2 Å². The summed E-state index contributed by atoms with van der Waals surface area (Å²) in [5.41, 5.74) is 11.7. The molecule has 170 valence electrons. The molecular formula is C34H34. The van der Waals surface area contributed by atoms with Gasteiger partial charge < -0.3 is 0 Å². The molecule has 0 fully saturated rings. The summed E-state index contributed by atoms with van der Waals surface area (Å²) >= 11 is 0. The summed E-state index contributed by atoms with van der Waals surface area (Å²) < 4.78 is 0. The van der Waals surface area contributed by atoms with Crippen LogP contribution in [0.4, 0.5) is 0 Å². The van der Waals surface area contributed by atoms with E-state index in [9.17, 15) is 0 Å². The molecule has 0 atom stereocenters. The van der Waals surface area contributed by atoms with Gasteiger partial charge in [-0.05, 0) is 71.3 Å². The molecule has 0 N–H and O–H groups in total. The number of rotatable bonds is 3. The number of aryl methyl sites for hydroxylation is 3. The fraction of sp³-hybridized carbons (Fsp3) is 0.118. The zero-order chi connectivity index (χ0) is 23.0. The minimum absolute atomic E-state index is 0. The Balaban J connectivity index is 0.000000201. The molecule has 0 nitrogen and oxygen atoms in total. The average Bonchev–Trinajstić information content (AvgIpc) is 2.87. The monoisotopic (exact) mass is 442 g/mol. The molecule has 0 radical (unpaired) electrons. The van der Waals surface area contributed by atoms with Crippen LogP contribution in [0.5, 0.6) is 0 Å². The predicted octanol–water partition coefficient (Wildman–Crippen LogP) is 9.94. The first kappa shape index (κ1) is 24.7. The second-order valence-corrected chi connectivity index (χ2v) is 8.44. The zero-order valence-corrected chi connectivity index (χ0v) is 19.6. The van der Waals surface area contributed by atoms with Crippen molar-refractivity contribution in [2.75, 3.05) is 0 Å². The van der Waals surface area contributed by atoms with Gasteiger partial charge in [0, 0.05) is 0 Å². The SMILES string of the molecule is C.Cc1ccc(-c2ccccc2)cc1.Cc1ccccc1-c1cc(-c2ccccc2)ccc1C. The van der Waals surface area contributed by atoms with E-state index < -0.39 is 0 Å². The summed E-state index contributed by atoms with van der Waals surface area (Å²) in [6.45, 7) is 6.45. The fourth-order valence-corrected chi connectivity index (χ4v) is 3.97. The minimum atomic E-state index is 0. The molecule has 0 saturated heterocycles. The molecule has 0 bridgehead atoms. The Labute approximate surface area is 205 Å². The third-order valence-corrected chi connectivity index (χ3v) is 5.94. The third kappa shape index (κ3) is 6.11. The van der Waals surface area contributed by atoms with Crippen LogP contribution in [0, 0.1) is 20.8 Å². The summed E-state index contributed by atoms with van der Waals surface area (Å²) in [4.78, 5) is 0. The molecule has 0 amide bonds. The highest BCUT2D eigenvalue weighted by atomic mass is 14.1. The highest BCUT2D eigenvalue weighted by molar-refractivity contribution is 5.77. The van der Waals surface area contributed by atoms with E-state index in [2.05, 4.69) is 142 Å². The van der Waals surface area contributed by atoms with Crippen molar-refractivity contribution in [3.63, 3.8) is 0 Å². The van der Waals surface area contributed by atoms with Gasteiger partial charge in [0.15, 0.2) is 0 Å². The Bertz CT molecular complexity index is 1300. The van der Waals surface area contributed by atoms with Crippen molar-refractivity contribution in [1.82, 2.24) is 0 Å². The van der Waals surface area contributed by atoms with Gasteiger partial charge in [-0.25, -0.2) is 0 Å². The lowest BCUT2D eigenvalue weighted by molar-refractivity contribution is 1.41. The normalized spacial score (nSPS) is 9.97. The van der Waals surface area contributed by atoms with Crippen molar-refractivity contribution >= 4 is 0 Å². The van der Waals surface area contributed by atoms with E-state index in [1.165, 1.54) is 50.1 Å². The highest BCUT2D eigenvalue weighted by Crippen LogP contribution is 2.31. The van der Waals surface area contributed by atoms with Gasteiger partial charge in [0.2, 0.25) is 0 Å². The van der Waals surface area contributed by atoms with Gasteiger partial charge in [-0.3, -0.25) is 0 Å². The van der Waals surface area contributed by atoms with Crippen LogP contribution in [-0.4, -0.2) is 0 Å². The van der Waals surface area contributed by atoms with Gasteiger partial charge >= 0.3 is 0 Å². The van der Waals surface area contributed by atoms with Crippen molar-refractivity contribution < 1.29 is 0 Å². The summed E-state index contributed by atoms with van der Waals surface area (Å²) in [5.74, 6) is 0. The van der Waals surface area contributed by atoms with Gasteiger partial charge in [0.05, 0.1) is 0 Å². The molecule has 0 heterocycles. The lowest BCUT2D eigenvalue weighted by atomic mass is 9.93. The molecule has 5 aromatic carbocycles. The van der Waals surface area contributed by atoms with Gasteiger partial charge in [-0.1, -0.05) is 134 Å². The van der Waals surface area contributed by atoms with Gasteiger partial charge in [-0.2, -0.15) is 0 Å². The zero-order valence-electron chi connectivity index (χ0n) is 19.6. The number of benzene rings is 5. The Morgan fingerprint density at radius 1 is 0.353 bits per heavy atom. The smallest absolute Gasteiger partial charge is 0.0146 e. The van der Waals surface area contributed by atoms with E-state index in [1.54, 1.807) is 0 Å². The Hall–Kier alpha value is -3.90. The molecular weight excluding hydrogens is 408 g/mol. The van der Waals surface area contributed by atoms with E-state index in [-0.39, 0.29) is 7.43 Å². The van der Waals surface area contributed by atoms with Crippen molar-refractivity contribution in [1.29, 1.82) is 0 Å². The minimum Gasteiger partial charge on any atom is -0.0776 e. The quantitative estimate of drug-likeness (QED) is 0.261. The molecule has 34 heavy (non-hydrogen) atoms. The van der Waals surface area contributed by atoms with E-state index in [4.69, 9.17) is 0 Å². The lowest BCUT2D eigenvalue weighted by Gasteiger charge is -2.12. The van der Waals surface area contributed by atoms with Crippen molar-refractivity contribution in [3.05, 3.63) is 144 Å². The summed E-state index contributed by atoms with van der Waals surface area (Å²) in [6, 6.07) is 44.9. The first-order valence-corrected chi connectivity index (χ1v) is 11.5. The second-order valence-electron chi connectivity index (χ2n) is 8.44. The number of hydrogen-bond donors (Lipinski definition) is 0. The molecule has 5 aromatic rings. The van der Waals surface area contributed by atoms with Gasteiger partial charge in [-0.15, -0.1) is 0 Å².